The molecule has 7 nitrogen and oxygen atoms in total. The number of hydrogen-bond donors (Lipinski definition) is 1. The van der Waals surface area contributed by atoms with Crippen molar-refractivity contribution < 1.29 is 13.2 Å². The monoisotopic (exact) mass is 462 g/mol. The highest BCUT2D eigenvalue weighted by Gasteiger charge is 2.25. The van der Waals surface area contributed by atoms with Crippen LogP contribution in [0.2, 0.25) is 0 Å². The van der Waals surface area contributed by atoms with Gasteiger partial charge in [0.05, 0.1) is 12.2 Å². The Morgan fingerprint density at radius 1 is 1.23 bits per heavy atom. The Hall–Kier alpha value is -2.11. The molecule has 2 aromatic heterocycles. The molecule has 30 heavy (non-hydrogen) atoms. The summed E-state index contributed by atoms with van der Waals surface area (Å²) in [5.74, 6) is -0.398. The lowest BCUT2D eigenvalue weighted by atomic mass is 10.1. The number of likely N-dealkylation sites (N-methyl/N-ethyl adjacent to an activating group) is 1. The van der Waals surface area contributed by atoms with Gasteiger partial charge in [0.15, 0.2) is 5.13 Å². The Balaban J connectivity index is 1.36. The van der Waals surface area contributed by atoms with E-state index in [0.717, 1.165) is 52.3 Å². The first-order valence-electron chi connectivity index (χ1n) is 9.46. The molecule has 10 heteroatoms. The zero-order valence-electron chi connectivity index (χ0n) is 16.4. The fraction of sp³-hybridized carbons (Fsp3) is 0.300. The summed E-state index contributed by atoms with van der Waals surface area (Å²) in [6, 6.07) is 13.5. The summed E-state index contributed by atoms with van der Waals surface area (Å²) in [7, 11) is -2.25. The Morgan fingerprint density at radius 2 is 2.03 bits per heavy atom. The van der Waals surface area contributed by atoms with Crippen LogP contribution in [-0.4, -0.2) is 48.7 Å². The van der Waals surface area contributed by atoms with Gasteiger partial charge in [0, 0.05) is 38.0 Å². The minimum absolute atomic E-state index is 0.223. The average molecular weight is 463 g/mol. The van der Waals surface area contributed by atoms with Gasteiger partial charge in [-0.25, -0.2) is 13.4 Å². The summed E-state index contributed by atoms with van der Waals surface area (Å²) >= 11 is 2.59. The van der Waals surface area contributed by atoms with E-state index in [9.17, 15) is 13.2 Å². The molecule has 4 rings (SSSR count). The highest BCUT2D eigenvalue weighted by atomic mass is 32.2. The van der Waals surface area contributed by atoms with Gasteiger partial charge in [0.2, 0.25) is 5.91 Å². The molecule has 0 aliphatic carbocycles. The maximum Gasteiger partial charge on any atom is 0.252 e. The molecule has 1 aliphatic heterocycles. The Kier molecular flexibility index (Phi) is 6.30. The van der Waals surface area contributed by atoms with Gasteiger partial charge in [-0.3, -0.25) is 9.69 Å². The van der Waals surface area contributed by atoms with Crippen LogP contribution in [0.15, 0.2) is 52.1 Å². The highest BCUT2D eigenvalue weighted by Crippen LogP contribution is 2.29. The number of thiophene rings is 1. The third kappa shape index (κ3) is 4.79. The van der Waals surface area contributed by atoms with Gasteiger partial charge >= 0.3 is 0 Å². The largest absolute Gasteiger partial charge is 0.301 e. The van der Waals surface area contributed by atoms with Crippen molar-refractivity contribution in [2.45, 2.75) is 23.7 Å². The first kappa shape index (κ1) is 21.1. The van der Waals surface area contributed by atoms with Gasteiger partial charge in [-0.2, -0.15) is 4.31 Å². The molecular formula is C20H22N4O3S3. The van der Waals surface area contributed by atoms with Crippen LogP contribution in [0.3, 0.4) is 0 Å². The number of anilines is 1. The minimum atomic E-state index is -3.65. The summed E-state index contributed by atoms with van der Waals surface area (Å²) in [6.45, 7) is 2.33. The van der Waals surface area contributed by atoms with Crippen molar-refractivity contribution in [2.75, 3.05) is 25.5 Å². The van der Waals surface area contributed by atoms with Crippen LogP contribution in [0, 0.1) is 0 Å². The zero-order chi connectivity index (χ0) is 21.1. The minimum Gasteiger partial charge on any atom is -0.301 e. The van der Waals surface area contributed by atoms with Crippen LogP contribution in [0.25, 0.3) is 0 Å². The van der Waals surface area contributed by atoms with E-state index in [1.54, 1.807) is 11.4 Å². The van der Waals surface area contributed by atoms with E-state index >= 15 is 0 Å². The first-order chi connectivity index (χ1) is 14.4. The van der Waals surface area contributed by atoms with Gasteiger partial charge in [-0.15, -0.1) is 22.7 Å². The number of carbonyl (C=O) groups excluding carboxylic acids is 1. The summed E-state index contributed by atoms with van der Waals surface area (Å²) in [6.07, 6.45) is 0.835. The lowest BCUT2D eigenvalue weighted by Gasteiger charge is -2.25. The number of fused-ring (bicyclic) bond motifs is 1. The molecule has 0 unspecified atom stereocenters. The van der Waals surface area contributed by atoms with E-state index in [4.69, 9.17) is 0 Å². The van der Waals surface area contributed by atoms with Gasteiger partial charge in [0.25, 0.3) is 10.0 Å². The van der Waals surface area contributed by atoms with Gasteiger partial charge in [0.1, 0.15) is 4.21 Å². The van der Waals surface area contributed by atoms with Crippen LogP contribution in [0.4, 0.5) is 5.13 Å². The molecule has 0 saturated carbocycles. The molecule has 1 aromatic carbocycles. The molecule has 1 amide bonds. The second-order valence-electron chi connectivity index (χ2n) is 7.08. The van der Waals surface area contributed by atoms with Crippen molar-refractivity contribution >= 4 is 43.7 Å². The lowest BCUT2D eigenvalue weighted by Crippen LogP contribution is -2.34. The van der Waals surface area contributed by atoms with Crippen molar-refractivity contribution in [3.8, 4) is 0 Å². The predicted octanol–water partition coefficient (Wildman–Crippen LogP) is 3.02. The number of carbonyl (C=O) groups is 1. The number of amides is 1. The van der Waals surface area contributed by atoms with Crippen LogP contribution in [0.5, 0.6) is 0 Å². The quantitative estimate of drug-likeness (QED) is 0.584. The molecule has 158 valence electrons. The number of nitrogens with one attached hydrogen (secondary N) is 1. The Morgan fingerprint density at radius 3 is 2.77 bits per heavy atom. The SMILES string of the molecule is CN(CC(=O)Nc1nc2c(s1)CN(Cc1ccccc1)CC2)S(=O)(=O)c1cccs1. The van der Waals surface area contributed by atoms with E-state index < -0.39 is 15.9 Å². The predicted molar refractivity (Wildman–Crippen MR) is 119 cm³/mol. The van der Waals surface area contributed by atoms with Crippen LogP contribution in [0.1, 0.15) is 16.1 Å². The maximum absolute atomic E-state index is 12.5. The van der Waals surface area contributed by atoms with Crippen molar-refractivity contribution in [3.63, 3.8) is 0 Å². The molecule has 0 atom stereocenters. The fourth-order valence-corrected chi connectivity index (χ4v) is 6.68. The zero-order valence-corrected chi connectivity index (χ0v) is 18.9. The molecule has 0 fully saturated rings. The smallest absolute Gasteiger partial charge is 0.252 e. The number of sulfonamides is 1. The van der Waals surface area contributed by atoms with Crippen molar-refractivity contribution in [2.24, 2.45) is 0 Å². The Labute approximate surface area is 184 Å². The normalized spacial score (nSPS) is 14.6. The lowest BCUT2D eigenvalue weighted by molar-refractivity contribution is -0.116. The first-order valence-corrected chi connectivity index (χ1v) is 12.6. The number of nitrogens with zero attached hydrogens (tertiary/aromatic N) is 3. The van der Waals surface area contributed by atoms with Gasteiger partial charge in [-0.05, 0) is 17.0 Å². The third-order valence-electron chi connectivity index (χ3n) is 4.83. The van der Waals surface area contributed by atoms with Gasteiger partial charge in [-0.1, -0.05) is 36.4 Å². The standard InChI is InChI=1S/C20H22N4O3S3/c1-23(30(26,27)19-8-5-11-28-19)14-18(25)22-20-21-16-9-10-24(13-17(16)29-20)12-15-6-3-2-4-7-15/h2-8,11H,9-10,12-14H2,1H3,(H,21,22,25). The average Bonchev–Trinajstić information content (AvgIpc) is 3.38. The molecule has 0 radical (unpaired) electrons. The van der Waals surface area contributed by atoms with Crippen LogP contribution >= 0.6 is 22.7 Å². The number of rotatable bonds is 7. The molecule has 0 saturated heterocycles. The number of benzene rings is 1. The number of hydrogen-bond acceptors (Lipinski definition) is 7. The molecular weight excluding hydrogens is 440 g/mol. The summed E-state index contributed by atoms with van der Waals surface area (Å²) < 4.78 is 26.2. The molecule has 3 aromatic rings. The summed E-state index contributed by atoms with van der Waals surface area (Å²) in [5.41, 5.74) is 2.29. The summed E-state index contributed by atoms with van der Waals surface area (Å²) in [5, 5.41) is 4.98. The topological polar surface area (TPSA) is 82.6 Å². The van der Waals surface area contributed by atoms with E-state index in [1.807, 2.05) is 18.2 Å². The maximum atomic E-state index is 12.5. The van der Waals surface area contributed by atoms with Crippen molar-refractivity contribution in [3.05, 3.63) is 64.0 Å². The van der Waals surface area contributed by atoms with Crippen molar-refractivity contribution in [1.29, 1.82) is 0 Å². The van der Waals surface area contributed by atoms with Crippen LogP contribution in [-0.2, 0) is 34.3 Å². The van der Waals surface area contributed by atoms with Gasteiger partial charge < -0.3 is 5.32 Å². The molecule has 3 heterocycles. The number of thiazole rings is 1. The fourth-order valence-electron chi connectivity index (χ4n) is 3.29. The highest BCUT2D eigenvalue weighted by molar-refractivity contribution is 7.91. The molecule has 0 bridgehead atoms. The second kappa shape index (κ2) is 8.94. The van der Waals surface area contributed by atoms with E-state index in [0.29, 0.717) is 5.13 Å². The van der Waals surface area contributed by atoms with E-state index in [-0.39, 0.29) is 10.8 Å². The van der Waals surface area contributed by atoms with E-state index in [2.05, 4.69) is 27.3 Å². The van der Waals surface area contributed by atoms with Crippen LogP contribution < -0.4 is 5.32 Å². The molecule has 0 spiro atoms. The van der Waals surface area contributed by atoms with E-state index in [1.165, 1.54) is 30.0 Å². The Bertz CT molecular complexity index is 1110. The second-order valence-corrected chi connectivity index (χ2v) is 11.4. The number of aromatic nitrogens is 1. The molecule has 1 aliphatic rings. The molecule has 1 N–H and O–H groups in total. The third-order valence-corrected chi connectivity index (χ3v) is 9.01. The van der Waals surface area contributed by atoms with Crippen molar-refractivity contribution in [1.82, 2.24) is 14.2 Å². The summed E-state index contributed by atoms with van der Waals surface area (Å²) in [4.78, 5) is 20.5.